The molecule has 2 saturated carbocycles. The van der Waals surface area contributed by atoms with Gasteiger partial charge in [0.15, 0.2) is 0 Å². The molecular weight excluding hydrogens is 296 g/mol. The zero-order valence-corrected chi connectivity index (χ0v) is 14.5. The predicted molar refractivity (Wildman–Crippen MR) is 91.1 cm³/mol. The second-order valence-corrected chi connectivity index (χ2v) is 8.21. The number of hydrogen-bond acceptors (Lipinski definition) is 2. The molecule has 4 bridgehead atoms. The highest BCUT2D eigenvalue weighted by molar-refractivity contribution is 5.85. The van der Waals surface area contributed by atoms with Gasteiger partial charge in [0.25, 0.3) is 0 Å². The molecule has 0 aromatic heterocycles. The van der Waals surface area contributed by atoms with E-state index in [1.54, 1.807) is 0 Å². The molecule has 126 valence electrons. The van der Waals surface area contributed by atoms with Crippen LogP contribution in [0.1, 0.15) is 57.8 Å². The lowest BCUT2D eigenvalue weighted by atomic mass is 9.68. The van der Waals surface area contributed by atoms with Crippen molar-refractivity contribution in [2.24, 2.45) is 23.7 Å². The van der Waals surface area contributed by atoms with E-state index in [1.807, 2.05) is 0 Å². The van der Waals surface area contributed by atoms with Crippen molar-refractivity contribution < 1.29 is 4.79 Å². The number of halogens is 1. The average Bonchev–Trinajstić information content (AvgIpc) is 2.70. The first-order chi connectivity index (χ1) is 10.3. The van der Waals surface area contributed by atoms with Crippen LogP contribution in [0.15, 0.2) is 0 Å². The highest BCUT2D eigenvalue weighted by Crippen LogP contribution is 2.47. The molecule has 3 aliphatic heterocycles. The van der Waals surface area contributed by atoms with Gasteiger partial charge in [-0.05, 0) is 88.1 Å². The van der Waals surface area contributed by atoms with Crippen molar-refractivity contribution in [2.45, 2.75) is 63.8 Å². The summed E-state index contributed by atoms with van der Waals surface area (Å²) >= 11 is 0. The van der Waals surface area contributed by atoms with Crippen LogP contribution >= 0.6 is 12.4 Å². The van der Waals surface area contributed by atoms with Gasteiger partial charge in [-0.1, -0.05) is 0 Å². The first kappa shape index (κ1) is 16.6. The largest absolute Gasteiger partial charge is 0.339 e. The maximum Gasteiger partial charge on any atom is 0.222 e. The number of carbonyl (C=O) groups excluding carboxylic acids is 1. The lowest BCUT2D eigenvalue weighted by molar-refractivity contribution is -0.134. The minimum absolute atomic E-state index is 0. The molecule has 5 fully saturated rings. The van der Waals surface area contributed by atoms with Crippen molar-refractivity contribution in [2.75, 3.05) is 19.6 Å². The molecule has 0 radical (unpaired) electrons. The van der Waals surface area contributed by atoms with E-state index in [9.17, 15) is 4.79 Å². The molecule has 5 aliphatic rings. The number of nitrogens with zero attached hydrogens (tertiary/aromatic N) is 1. The summed E-state index contributed by atoms with van der Waals surface area (Å²) in [5.41, 5.74) is 0. The van der Waals surface area contributed by atoms with Gasteiger partial charge in [-0.25, -0.2) is 0 Å². The number of fused-ring (bicyclic) bond motifs is 1. The molecule has 4 heteroatoms. The van der Waals surface area contributed by atoms with Gasteiger partial charge in [0.05, 0.1) is 0 Å². The minimum Gasteiger partial charge on any atom is -0.339 e. The van der Waals surface area contributed by atoms with Crippen LogP contribution in [0, 0.1) is 23.7 Å². The molecule has 0 aromatic carbocycles. The van der Waals surface area contributed by atoms with Crippen LogP contribution in [0.3, 0.4) is 0 Å². The van der Waals surface area contributed by atoms with Crippen LogP contribution in [0.4, 0.5) is 0 Å². The maximum atomic E-state index is 12.8. The normalized spacial score (nSPS) is 37.7. The second-order valence-electron chi connectivity index (χ2n) is 8.21. The van der Waals surface area contributed by atoms with Crippen molar-refractivity contribution in [1.82, 2.24) is 10.2 Å². The van der Waals surface area contributed by atoms with E-state index in [0.29, 0.717) is 11.9 Å². The Hall–Kier alpha value is -0.280. The van der Waals surface area contributed by atoms with Crippen LogP contribution in [0.5, 0.6) is 0 Å². The summed E-state index contributed by atoms with van der Waals surface area (Å²) in [4.78, 5) is 15.1. The molecule has 2 aliphatic carbocycles. The van der Waals surface area contributed by atoms with Crippen molar-refractivity contribution >= 4 is 18.3 Å². The zero-order chi connectivity index (χ0) is 14.2. The Bertz CT molecular complexity index is 383. The zero-order valence-electron chi connectivity index (χ0n) is 13.6. The molecule has 2 atom stereocenters. The van der Waals surface area contributed by atoms with Crippen LogP contribution in [0.25, 0.3) is 0 Å². The van der Waals surface area contributed by atoms with Crippen molar-refractivity contribution in [3.63, 3.8) is 0 Å². The van der Waals surface area contributed by atoms with E-state index in [1.165, 1.54) is 44.9 Å². The molecule has 2 unspecified atom stereocenters. The number of rotatable bonds is 3. The van der Waals surface area contributed by atoms with Gasteiger partial charge in [0.1, 0.15) is 0 Å². The molecular formula is C18H31ClN2O. The van der Waals surface area contributed by atoms with Gasteiger partial charge in [-0.2, -0.15) is 0 Å². The summed E-state index contributed by atoms with van der Waals surface area (Å²) in [5.74, 6) is 3.97. The molecule has 0 aromatic rings. The van der Waals surface area contributed by atoms with Gasteiger partial charge in [-0.15, -0.1) is 12.4 Å². The van der Waals surface area contributed by atoms with Gasteiger partial charge in [0.2, 0.25) is 5.91 Å². The highest BCUT2D eigenvalue weighted by Gasteiger charge is 2.43. The van der Waals surface area contributed by atoms with Gasteiger partial charge >= 0.3 is 0 Å². The van der Waals surface area contributed by atoms with Crippen molar-refractivity contribution in [3.05, 3.63) is 0 Å². The third-order valence-corrected chi connectivity index (χ3v) is 6.65. The Kier molecular flexibility index (Phi) is 5.34. The fourth-order valence-corrected chi connectivity index (χ4v) is 5.73. The Balaban J connectivity index is 0.00000144. The summed E-state index contributed by atoms with van der Waals surface area (Å²) in [5, 5.41) is 3.42. The summed E-state index contributed by atoms with van der Waals surface area (Å²) in [6.45, 7) is 3.38. The van der Waals surface area contributed by atoms with E-state index < -0.39 is 0 Å². The summed E-state index contributed by atoms with van der Waals surface area (Å²) < 4.78 is 0. The topological polar surface area (TPSA) is 32.3 Å². The van der Waals surface area contributed by atoms with Gasteiger partial charge in [-0.3, -0.25) is 4.79 Å². The lowest BCUT2D eigenvalue weighted by Gasteiger charge is -2.39. The predicted octanol–water partition coefficient (Wildman–Crippen LogP) is 3.23. The molecule has 5 rings (SSSR count). The Labute approximate surface area is 141 Å². The maximum absolute atomic E-state index is 12.8. The lowest BCUT2D eigenvalue weighted by Crippen LogP contribution is -2.42. The van der Waals surface area contributed by atoms with Crippen LogP contribution in [-0.4, -0.2) is 36.5 Å². The Morgan fingerprint density at radius 2 is 1.59 bits per heavy atom. The first-order valence-corrected chi connectivity index (χ1v) is 9.28. The van der Waals surface area contributed by atoms with Gasteiger partial charge < -0.3 is 10.2 Å². The summed E-state index contributed by atoms with van der Waals surface area (Å²) in [7, 11) is 0. The fourth-order valence-electron chi connectivity index (χ4n) is 5.73. The molecule has 22 heavy (non-hydrogen) atoms. The molecule has 0 spiro atoms. The number of amides is 1. The minimum atomic E-state index is 0. The van der Waals surface area contributed by atoms with E-state index in [2.05, 4.69) is 10.2 Å². The molecule has 3 nitrogen and oxygen atoms in total. The van der Waals surface area contributed by atoms with E-state index in [4.69, 9.17) is 0 Å². The SMILES string of the molecule is Cl.O=C(CCC1CCNCC1)N1CC2CC3CC(C2)CC1C3. The van der Waals surface area contributed by atoms with E-state index in [-0.39, 0.29) is 12.4 Å². The molecule has 3 saturated heterocycles. The smallest absolute Gasteiger partial charge is 0.222 e. The monoisotopic (exact) mass is 326 g/mol. The quantitative estimate of drug-likeness (QED) is 0.863. The summed E-state index contributed by atoms with van der Waals surface area (Å²) in [6.07, 6.45) is 11.4. The number of hydrogen-bond donors (Lipinski definition) is 1. The Morgan fingerprint density at radius 3 is 2.27 bits per heavy atom. The van der Waals surface area contributed by atoms with Gasteiger partial charge in [0, 0.05) is 19.0 Å². The van der Waals surface area contributed by atoms with Crippen molar-refractivity contribution in [3.8, 4) is 0 Å². The van der Waals surface area contributed by atoms with E-state index >= 15 is 0 Å². The van der Waals surface area contributed by atoms with Crippen LogP contribution in [0.2, 0.25) is 0 Å². The fraction of sp³-hybridized carbons (Fsp3) is 0.944. The summed E-state index contributed by atoms with van der Waals surface area (Å²) in [6, 6.07) is 0.599. The average molecular weight is 327 g/mol. The number of carbonyl (C=O) groups is 1. The molecule has 3 heterocycles. The standard InChI is InChI=1S/C18H30N2O.ClH/c21-18(2-1-13-3-5-19-6-4-13)20-12-16-8-14-7-15(9-16)11-17(20)10-14;/h13-17,19H,1-12H2;1H. The molecule has 1 amide bonds. The highest BCUT2D eigenvalue weighted by atomic mass is 35.5. The van der Waals surface area contributed by atoms with Crippen LogP contribution < -0.4 is 5.32 Å². The third kappa shape index (κ3) is 3.46. The van der Waals surface area contributed by atoms with Crippen molar-refractivity contribution in [1.29, 1.82) is 0 Å². The molecule has 1 N–H and O–H groups in total. The first-order valence-electron chi connectivity index (χ1n) is 9.28. The van der Waals surface area contributed by atoms with Crippen LogP contribution in [-0.2, 0) is 4.79 Å². The number of nitrogens with one attached hydrogen (secondary N) is 1. The Morgan fingerprint density at radius 1 is 0.955 bits per heavy atom. The second kappa shape index (κ2) is 7.09. The third-order valence-electron chi connectivity index (χ3n) is 6.65. The number of piperidine rings is 1. The van der Waals surface area contributed by atoms with E-state index in [0.717, 1.165) is 56.1 Å².